The number of hydrogen-bond donors (Lipinski definition) is 3. The number of fused-ring (bicyclic) bond motifs is 5. The molecule has 3 amide bonds. The van der Waals surface area contributed by atoms with Crippen LogP contribution in [0.15, 0.2) is 72.9 Å². The SMILES string of the molecule is CC(=O)c1ccc(N2C(=O)C3C(Cc4c[nH]c5ccccc45)NC4(C(=O)Nc5ccc(Cl)cc54)C3C2=O)cc1. The number of hydrogen-bond acceptors (Lipinski definition) is 5. The van der Waals surface area contributed by atoms with Gasteiger partial charge in [-0.3, -0.25) is 24.5 Å². The third-order valence-corrected chi connectivity index (χ3v) is 8.56. The zero-order valence-corrected chi connectivity index (χ0v) is 21.6. The van der Waals surface area contributed by atoms with E-state index in [4.69, 9.17) is 11.6 Å². The van der Waals surface area contributed by atoms with Gasteiger partial charge in [0.2, 0.25) is 17.7 Å². The van der Waals surface area contributed by atoms with E-state index in [9.17, 15) is 19.2 Å². The third-order valence-electron chi connectivity index (χ3n) is 8.32. The zero-order chi connectivity index (χ0) is 27.1. The smallest absolute Gasteiger partial charge is 0.250 e. The Morgan fingerprint density at radius 2 is 1.77 bits per heavy atom. The number of nitrogens with zero attached hydrogens (tertiary/aromatic N) is 1. The van der Waals surface area contributed by atoms with Crippen LogP contribution >= 0.6 is 11.6 Å². The Hall–Kier alpha value is -4.27. The molecule has 7 rings (SSSR count). The number of imide groups is 1. The second kappa shape index (κ2) is 8.36. The Balaban J connectivity index is 1.36. The minimum Gasteiger partial charge on any atom is -0.361 e. The topological polar surface area (TPSA) is 111 Å². The Kier molecular flexibility index (Phi) is 5.11. The lowest BCUT2D eigenvalue weighted by atomic mass is 9.76. The van der Waals surface area contributed by atoms with Gasteiger partial charge in [-0.15, -0.1) is 0 Å². The van der Waals surface area contributed by atoms with E-state index >= 15 is 0 Å². The number of halogens is 1. The summed E-state index contributed by atoms with van der Waals surface area (Å²) in [5, 5.41) is 7.81. The van der Waals surface area contributed by atoms with E-state index in [2.05, 4.69) is 15.6 Å². The summed E-state index contributed by atoms with van der Waals surface area (Å²) in [6.07, 6.45) is 2.33. The lowest BCUT2D eigenvalue weighted by Crippen LogP contribution is -2.53. The van der Waals surface area contributed by atoms with Gasteiger partial charge in [0, 0.05) is 45.0 Å². The average Bonchev–Trinajstić information content (AvgIpc) is 3.63. The number of rotatable bonds is 4. The number of aromatic nitrogens is 1. The molecule has 2 fully saturated rings. The molecule has 3 aliphatic heterocycles. The van der Waals surface area contributed by atoms with Crippen molar-refractivity contribution in [2.45, 2.75) is 24.9 Å². The molecule has 39 heavy (non-hydrogen) atoms. The van der Waals surface area contributed by atoms with Crippen LogP contribution in [0, 0.1) is 11.8 Å². The molecule has 0 bridgehead atoms. The highest BCUT2D eigenvalue weighted by Crippen LogP contribution is 2.54. The van der Waals surface area contributed by atoms with Crippen molar-refractivity contribution in [2.24, 2.45) is 11.8 Å². The summed E-state index contributed by atoms with van der Waals surface area (Å²) in [7, 11) is 0. The van der Waals surface area contributed by atoms with Crippen LogP contribution in [0.3, 0.4) is 0 Å². The first-order valence-corrected chi connectivity index (χ1v) is 13.1. The molecule has 3 aliphatic rings. The first-order chi connectivity index (χ1) is 18.8. The van der Waals surface area contributed by atoms with Crippen molar-refractivity contribution in [2.75, 3.05) is 10.2 Å². The summed E-state index contributed by atoms with van der Waals surface area (Å²) in [4.78, 5) is 58.2. The van der Waals surface area contributed by atoms with Gasteiger partial charge in [-0.1, -0.05) is 29.8 Å². The maximum atomic E-state index is 14.2. The molecule has 9 heteroatoms. The molecule has 194 valence electrons. The van der Waals surface area contributed by atoms with E-state index in [1.54, 1.807) is 42.5 Å². The van der Waals surface area contributed by atoms with Crippen LogP contribution in [-0.2, 0) is 26.3 Å². The molecule has 1 aromatic heterocycles. The summed E-state index contributed by atoms with van der Waals surface area (Å²) in [5.74, 6) is -3.11. The number of anilines is 2. The zero-order valence-electron chi connectivity index (χ0n) is 20.8. The molecule has 1 spiro atoms. The fourth-order valence-corrected chi connectivity index (χ4v) is 6.76. The maximum Gasteiger partial charge on any atom is 0.250 e. The molecular weight excluding hydrogens is 516 g/mol. The number of nitrogens with one attached hydrogen (secondary N) is 3. The molecule has 4 aromatic rings. The van der Waals surface area contributed by atoms with Crippen LogP contribution in [0.4, 0.5) is 11.4 Å². The molecule has 3 aromatic carbocycles. The Bertz CT molecular complexity index is 1730. The standard InChI is InChI=1S/C30H23ClN4O4/c1-15(36)16-6-9-19(10-7-16)35-27(37)25-24(12-17-14-32-22-5-3-2-4-20(17)22)34-30(26(25)28(35)38)21-13-18(31)8-11-23(21)33-29(30)39/h2-11,13-14,24-26,32,34H,12H2,1H3,(H,33,39). The van der Waals surface area contributed by atoms with E-state index in [0.29, 0.717) is 33.9 Å². The number of carbonyl (C=O) groups excluding carboxylic acids is 4. The summed E-state index contributed by atoms with van der Waals surface area (Å²) in [6, 6.07) is 18.8. The van der Waals surface area contributed by atoms with Gasteiger partial charge in [0.1, 0.15) is 5.54 Å². The van der Waals surface area contributed by atoms with Crippen molar-refractivity contribution in [1.82, 2.24) is 10.3 Å². The minimum absolute atomic E-state index is 0.115. The Labute approximate surface area is 228 Å². The molecule has 8 nitrogen and oxygen atoms in total. The van der Waals surface area contributed by atoms with E-state index < -0.39 is 29.3 Å². The lowest BCUT2D eigenvalue weighted by molar-refractivity contribution is -0.130. The van der Waals surface area contributed by atoms with Crippen molar-refractivity contribution in [3.63, 3.8) is 0 Å². The van der Waals surface area contributed by atoms with Crippen molar-refractivity contribution in [3.8, 4) is 0 Å². The number of ketones is 1. The lowest BCUT2D eigenvalue weighted by Gasteiger charge is -2.29. The number of amides is 3. The predicted molar refractivity (Wildman–Crippen MR) is 147 cm³/mol. The molecule has 0 radical (unpaired) electrons. The first-order valence-electron chi connectivity index (χ1n) is 12.7. The van der Waals surface area contributed by atoms with Gasteiger partial charge in [-0.2, -0.15) is 0 Å². The summed E-state index contributed by atoms with van der Waals surface area (Å²) >= 11 is 6.36. The van der Waals surface area contributed by atoms with Crippen LogP contribution in [0.2, 0.25) is 5.02 Å². The van der Waals surface area contributed by atoms with E-state index in [0.717, 1.165) is 16.5 Å². The van der Waals surface area contributed by atoms with E-state index in [-0.39, 0.29) is 17.6 Å². The van der Waals surface area contributed by atoms with Crippen LogP contribution in [0.1, 0.15) is 28.4 Å². The predicted octanol–water partition coefficient (Wildman–Crippen LogP) is 4.19. The summed E-state index contributed by atoms with van der Waals surface area (Å²) in [6.45, 7) is 1.46. The number of Topliss-reactive ketones (excluding diaryl/α,β-unsaturated/α-hetero) is 1. The molecule has 4 atom stereocenters. The number of para-hydroxylation sites is 1. The fraction of sp³-hybridized carbons (Fsp3) is 0.200. The van der Waals surface area contributed by atoms with Crippen LogP contribution in [0.25, 0.3) is 10.9 Å². The Morgan fingerprint density at radius 1 is 1.00 bits per heavy atom. The monoisotopic (exact) mass is 538 g/mol. The van der Waals surface area contributed by atoms with Crippen molar-refractivity contribution in [1.29, 1.82) is 0 Å². The molecule has 4 unspecified atom stereocenters. The van der Waals surface area contributed by atoms with Crippen molar-refractivity contribution < 1.29 is 19.2 Å². The highest BCUT2D eigenvalue weighted by molar-refractivity contribution is 6.31. The van der Waals surface area contributed by atoms with Crippen molar-refractivity contribution >= 4 is 57.4 Å². The molecule has 3 N–H and O–H groups in total. The maximum absolute atomic E-state index is 14.2. The number of aromatic amines is 1. The number of benzene rings is 3. The van der Waals surface area contributed by atoms with Gasteiger partial charge in [-0.05, 0) is 67.4 Å². The molecule has 2 saturated heterocycles. The fourth-order valence-electron chi connectivity index (χ4n) is 6.59. The number of carbonyl (C=O) groups is 4. The van der Waals surface area contributed by atoms with Crippen LogP contribution in [0.5, 0.6) is 0 Å². The highest BCUT2D eigenvalue weighted by Gasteiger charge is 2.70. The van der Waals surface area contributed by atoms with Gasteiger partial charge in [-0.25, -0.2) is 4.90 Å². The largest absolute Gasteiger partial charge is 0.361 e. The number of H-pyrrole nitrogens is 1. The van der Waals surface area contributed by atoms with Gasteiger partial charge >= 0.3 is 0 Å². The molecule has 0 saturated carbocycles. The van der Waals surface area contributed by atoms with Crippen molar-refractivity contribution in [3.05, 3.63) is 94.6 Å². The normalized spacial score (nSPS) is 25.4. The van der Waals surface area contributed by atoms with E-state index in [1.165, 1.54) is 11.8 Å². The van der Waals surface area contributed by atoms with Gasteiger partial charge in [0.25, 0.3) is 0 Å². The van der Waals surface area contributed by atoms with Crippen LogP contribution in [-0.4, -0.2) is 34.5 Å². The van der Waals surface area contributed by atoms with E-state index in [1.807, 2.05) is 30.5 Å². The van der Waals surface area contributed by atoms with Gasteiger partial charge in [0.15, 0.2) is 5.78 Å². The van der Waals surface area contributed by atoms with Gasteiger partial charge < -0.3 is 10.3 Å². The molecular formula is C30H23ClN4O4. The first kappa shape index (κ1) is 23.8. The Morgan fingerprint density at radius 3 is 2.54 bits per heavy atom. The summed E-state index contributed by atoms with van der Waals surface area (Å²) < 4.78 is 0. The third kappa shape index (κ3) is 3.28. The minimum atomic E-state index is -1.46. The molecule has 4 heterocycles. The van der Waals surface area contributed by atoms with Crippen LogP contribution < -0.4 is 15.5 Å². The second-order valence-electron chi connectivity index (χ2n) is 10.4. The highest BCUT2D eigenvalue weighted by atomic mass is 35.5. The average molecular weight is 539 g/mol. The quantitative estimate of drug-likeness (QED) is 0.266. The van der Waals surface area contributed by atoms with Gasteiger partial charge in [0.05, 0.1) is 17.5 Å². The second-order valence-corrected chi connectivity index (χ2v) is 10.8. The summed E-state index contributed by atoms with van der Waals surface area (Å²) in [5.41, 5.74) is 2.46. The molecule has 0 aliphatic carbocycles.